The van der Waals surface area contributed by atoms with Gasteiger partial charge in [0, 0.05) is 16.2 Å². The lowest BCUT2D eigenvalue weighted by Crippen LogP contribution is -2.09. The summed E-state index contributed by atoms with van der Waals surface area (Å²) >= 11 is 3.52. The van der Waals surface area contributed by atoms with Gasteiger partial charge in [0.2, 0.25) is 0 Å². The summed E-state index contributed by atoms with van der Waals surface area (Å²) in [6.45, 7) is 6.48. The maximum atomic E-state index is 3.58. The summed E-state index contributed by atoms with van der Waals surface area (Å²) in [5.41, 5.74) is 5.11. The fraction of sp³-hybridized carbons (Fsp3) is 0.250. The molecule has 94 valence electrons. The Balaban J connectivity index is 2.24. The van der Waals surface area contributed by atoms with Gasteiger partial charge < -0.3 is 5.32 Å². The molecule has 0 bridgehead atoms. The van der Waals surface area contributed by atoms with Gasteiger partial charge in [-0.15, -0.1) is 0 Å². The molecule has 0 radical (unpaired) electrons. The number of halogens is 1. The predicted molar refractivity (Wildman–Crippen MR) is 82.1 cm³/mol. The minimum atomic E-state index is 0.305. The summed E-state index contributed by atoms with van der Waals surface area (Å²) in [6, 6.07) is 15.1. The van der Waals surface area contributed by atoms with E-state index in [4.69, 9.17) is 0 Å². The molecule has 2 rings (SSSR count). The van der Waals surface area contributed by atoms with Gasteiger partial charge in [-0.25, -0.2) is 0 Å². The monoisotopic (exact) mass is 303 g/mol. The van der Waals surface area contributed by atoms with E-state index in [-0.39, 0.29) is 0 Å². The van der Waals surface area contributed by atoms with E-state index in [0.717, 1.165) is 4.47 Å². The molecule has 1 N–H and O–H groups in total. The van der Waals surface area contributed by atoms with E-state index < -0.39 is 0 Å². The Morgan fingerprint density at radius 1 is 1.00 bits per heavy atom. The number of benzene rings is 2. The van der Waals surface area contributed by atoms with Crippen LogP contribution >= 0.6 is 15.9 Å². The van der Waals surface area contributed by atoms with Crippen LogP contribution in [-0.4, -0.2) is 0 Å². The Labute approximate surface area is 117 Å². The quantitative estimate of drug-likeness (QED) is 0.817. The smallest absolute Gasteiger partial charge is 0.0488 e. The number of rotatable bonds is 3. The molecule has 0 aliphatic carbocycles. The van der Waals surface area contributed by atoms with Crippen LogP contribution in [0.5, 0.6) is 0 Å². The lowest BCUT2D eigenvalue weighted by Gasteiger charge is -2.19. The molecular formula is C16H18BrN. The Morgan fingerprint density at radius 3 is 2.44 bits per heavy atom. The lowest BCUT2D eigenvalue weighted by molar-refractivity contribution is 0.872. The van der Waals surface area contributed by atoms with Crippen molar-refractivity contribution in [1.82, 2.24) is 0 Å². The van der Waals surface area contributed by atoms with Crippen LogP contribution in [0.25, 0.3) is 0 Å². The second-order valence-corrected chi connectivity index (χ2v) is 5.60. The van der Waals surface area contributed by atoms with E-state index in [2.05, 4.69) is 84.5 Å². The van der Waals surface area contributed by atoms with Gasteiger partial charge >= 0.3 is 0 Å². The van der Waals surface area contributed by atoms with Gasteiger partial charge in [-0.05, 0) is 49.6 Å². The number of hydrogen-bond acceptors (Lipinski definition) is 1. The van der Waals surface area contributed by atoms with Gasteiger partial charge in [0.25, 0.3) is 0 Å². The summed E-state index contributed by atoms with van der Waals surface area (Å²) < 4.78 is 1.10. The van der Waals surface area contributed by atoms with Crippen LogP contribution in [0.2, 0.25) is 0 Å². The van der Waals surface area contributed by atoms with Crippen LogP contribution in [0, 0.1) is 13.8 Å². The average Bonchev–Trinajstić information content (AvgIpc) is 2.34. The topological polar surface area (TPSA) is 12.0 Å². The molecule has 0 heterocycles. The molecule has 0 aliphatic heterocycles. The van der Waals surface area contributed by atoms with Gasteiger partial charge in [0.15, 0.2) is 0 Å². The van der Waals surface area contributed by atoms with Gasteiger partial charge in [-0.1, -0.05) is 46.3 Å². The van der Waals surface area contributed by atoms with E-state index in [9.17, 15) is 0 Å². The third-order valence-corrected chi connectivity index (χ3v) is 3.72. The third kappa shape index (κ3) is 2.94. The van der Waals surface area contributed by atoms with Crippen LogP contribution in [-0.2, 0) is 0 Å². The fourth-order valence-corrected chi connectivity index (χ4v) is 2.49. The largest absolute Gasteiger partial charge is 0.378 e. The first kappa shape index (κ1) is 13.2. The third-order valence-electron chi connectivity index (χ3n) is 3.23. The van der Waals surface area contributed by atoms with Crippen molar-refractivity contribution < 1.29 is 0 Å². The number of anilines is 1. The zero-order valence-electron chi connectivity index (χ0n) is 11.0. The molecule has 0 fully saturated rings. The van der Waals surface area contributed by atoms with Crippen LogP contribution in [0.3, 0.4) is 0 Å². The maximum absolute atomic E-state index is 3.58. The molecule has 0 amide bonds. The van der Waals surface area contributed by atoms with Gasteiger partial charge in [-0.3, -0.25) is 0 Å². The van der Waals surface area contributed by atoms with Gasteiger partial charge in [0.1, 0.15) is 0 Å². The van der Waals surface area contributed by atoms with Gasteiger partial charge in [0.05, 0.1) is 0 Å². The molecule has 2 heteroatoms. The summed E-state index contributed by atoms with van der Waals surface area (Å²) in [5, 5.41) is 3.58. The Kier molecular flexibility index (Phi) is 4.07. The van der Waals surface area contributed by atoms with Crippen molar-refractivity contribution in [2.75, 3.05) is 5.32 Å². The zero-order chi connectivity index (χ0) is 13.1. The molecular weight excluding hydrogens is 286 g/mol. The molecule has 0 aliphatic rings. The van der Waals surface area contributed by atoms with Crippen LogP contribution in [0.1, 0.15) is 29.7 Å². The molecule has 18 heavy (non-hydrogen) atoms. The minimum absolute atomic E-state index is 0.305. The van der Waals surface area contributed by atoms with Crippen molar-refractivity contribution in [1.29, 1.82) is 0 Å². The first-order valence-corrected chi connectivity index (χ1v) is 6.95. The van der Waals surface area contributed by atoms with Crippen molar-refractivity contribution in [2.45, 2.75) is 26.8 Å². The van der Waals surface area contributed by atoms with E-state index in [1.165, 1.54) is 22.4 Å². The van der Waals surface area contributed by atoms with Crippen molar-refractivity contribution in [3.05, 3.63) is 63.6 Å². The normalized spacial score (nSPS) is 12.2. The van der Waals surface area contributed by atoms with Crippen molar-refractivity contribution in [2.24, 2.45) is 0 Å². The first-order chi connectivity index (χ1) is 8.58. The van der Waals surface area contributed by atoms with Crippen LogP contribution in [0.15, 0.2) is 46.9 Å². The standard InChI is InChI=1S/C16H18BrN/c1-11-6-4-5-7-15(11)13(3)18-16-10-14(17)9-8-12(16)2/h4-10,13,18H,1-3H3. The molecule has 2 aromatic carbocycles. The summed E-state index contributed by atoms with van der Waals surface area (Å²) in [7, 11) is 0. The molecule has 1 nitrogen and oxygen atoms in total. The van der Waals surface area contributed by atoms with Crippen LogP contribution in [0.4, 0.5) is 5.69 Å². The fourth-order valence-electron chi connectivity index (χ4n) is 2.13. The Hall–Kier alpha value is -1.28. The number of hydrogen-bond donors (Lipinski definition) is 1. The molecule has 0 saturated carbocycles. The van der Waals surface area contributed by atoms with E-state index in [1.54, 1.807) is 0 Å². The minimum Gasteiger partial charge on any atom is -0.378 e. The van der Waals surface area contributed by atoms with Gasteiger partial charge in [-0.2, -0.15) is 0 Å². The molecule has 1 atom stereocenters. The Morgan fingerprint density at radius 2 is 1.72 bits per heavy atom. The summed E-state index contributed by atoms with van der Waals surface area (Å²) in [5.74, 6) is 0. The van der Waals surface area contributed by atoms with Crippen molar-refractivity contribution in [3.63, 3.8) is 0 Å². The highest BCUT2D eigenvalue weighted by molar-refractivity contribution is 9.10. The second kappa shape index (κ2) is 5.57. The molecule has 0 saturated heterocycles. The van der Waals surface area contributed by atoms with Crippen molar-refractivity contribution in [3.8, 4) is 0 Å². The highest BCUT2D eigenvalue weighted by atomic mass is 79.9. The lowest BCUT2D eigenvalue weighted by atomic mass is 10.0. The van der Waals surface area contributed by atoms with E-state index in [0.29, 0.717) is 6.04 Å². The van der Waals surface area contributed by atoms with Crippen LogP contribution < -0.4 is 5.32 Å². The maximum Gasteiger partial charge on any atom is 0.0488 e. The van der Waals surface area contributed by atoms with E-state index >= 15 is 0 Å². The highest BCUT2D eigenvalue weighted by Gasteiger charge is 2.09. The average molecular weight is 304 g/mol. The first-order valence-electron chi connectivity index (χ1n) is 6.16. The highest BCUT2D eigenvalue weighted by Crippen LogP contribution is 2.26. The van der Waals surface area contributed by atoms with E-state index in [1.807, 2.05) is 0 Å². The van der Waals surface area contributed by atoms with Crippen molar-refractivity contribution >= 4 is 21.6 Å². The summed E-state index contributed by atoms with van der Waals surface area (Å²) in [6.07, 6.45) is 0. The summed E-state index contributed by atoms with van der Waals surface area (Å²) in [4.78, 5) is 0. The Bertz CT molecular complexity index is 549. The number of nitrogens with one attached hydrogen (secondary N) is 1. The SMILES string of the molecule is Cc1ccc(Br)cc1NC(C)c1ccccc1C. The number of aryl methyl sites for hydroxylation is 2. The molecule has 2 aromatic rings. The second-order valence-electron chi connectivity index (χ2n) is 4.68. The predicted octanol–water partition coefficient (Wildman–Crippen LogP) is 5.24. The molecule has 0 spiro atoms. The molecule has 1 unspecified atom stereocenters. The molecule has 0 aromatic heterocycles. The zero-order valence-corrected chi connectivity index (χ0v) is 12.6.